The van der Waals surface area contributed by atoms with E-state index in [4.69, 9.17) is 14.2 Å². The molecule has 9 nitrogen and oxygen atoms in total. The van der Waals surface area contributed by atoms with E-state index in [0.29, 0.717) is 24.7 Å². The van der Waals surface area contributed by atoms with Crippen LogP contribution in [0.4, 0.5) is 9.52 Å². The number of benzene rings is 2. The lowest BCUT2D eigenvalue weighted by Crippen LogP contribution is -2.29. The average molecular weight is 537 g/mol. The van der Waals surface area contributed by atoms with Crippen LogP contribution in [0.25, 0.3) is 5.76 Å². The minimum atomic E-state index is -1.35. The van der Waals surface area contributed by atoms with Crippen molar-refractivity contribution in [1.29, 1.82) is 0 Å². The number of hydrogen-bond donors (Lipinski definition) is 1. The molecule has 1 fully saturated rings. The summed E-state index contributed by atoms with van der Waals surface area (Å²) in [7, 11) is 0. The number of fused-ring (bicyclic) bond motifs is 1. The van der Waals surface area contributed by atoms with E-state index in [0.717, 1.165) is 16.2 Å². The number of thiazole rings is 1. The average Bonchev–Trinajstić information content (AvgIpc) is 3.43. The SMILES string of the molecule is C=CCOC(=O)c1sc(N2C(=O)C(=O)/C(=C(/O)c3ccc4c(c3)OCCO4)[C@H]2c2ccccc2F)nc1C. The highest BCUT2D eigenvalue weighted by Gasteiger charge is 2.49. The molecule has 0 radical (unpaired) electrons. The smallest absolute Gasteiger partial charge is 0.350 e. The first-order valence-electron chi connectivity index (χ1n) is 11.5. The number of carbonyl (C=O) groups is 3. The lowest BCUT2D eigenvalue weighted by molar-refractivity contribution is -0.132. The number of nitrogens with zero attached hydrogens (tertiary/aromatic N) is 2. The summed E-state index contributed by atoms with van der Waals surface area (Å²) in [4.78, 5) is 44.6. The zero-order valence-corrected chi connectivity index (χ0v) is 20.9. The highest BCUT2D eigenvalue weighted by molar-refractivity contribution is 7.17. The minimum Gasteiger partial charge on any atom is -0.507 e. The molecule has 2 aliphatic rings. The summed E-state index contributed by atoms with van der Waals surface area (Å²) in [6.45, 7) is 5.70. The molecule has 38 heavy (non-hydrogen) atoms. The fraction of sp³-hybridized carbons (Fsp3) is 0.185. The van der Waals surface area contributed by atoms with Crippen LogP contribution in [0.1, 0.15) is 32.5 Å². The molecular weight excluding hydrogens is 515 g/mol. The lowest BCUT2D eigenvalue weighted by Gasteiger charge is -2.23. The van der Waals surface area contributed by atoms with Crippen molar-refractivity contribution in [2.45, 2.75) is 13.0 Å². The molecule has 194 valence electrons. The van der Waals surface area contributed by atoms with Crippen LogP contribution in [0, 0.1) is 12.7 Å². The quantitative estimate of drug-likeness (QED) is 0.163. The van der Waals surface area contributed by atoms with Gasteiger partial charge >= 0.3 is 11.9 Å². The first-order valence-corrected chi connectivity index (χ1v) is 12.3. The molecule has 1 saturated heterocycles. The summed E-state index contributed by atoms with van der Waals surface area (Å²) in [5.41, 5.74) is 0.0764. The van der Waals surface area contributed by atoms with Crippen LogP contribution < -0.4 is 14.4 Å². The maximum atomic E-state index is 15.1. The topological polar surface area (TPSA) is 115 Å². The number of amides is 1. The zero-order chi connectivity index (χ0) is 27.0. The second-order valence-corrected chi connectivity index (χ2v) is 9.32. The van der Waals surface area contributed by atoms with Crippen LogP contribution in [0.15, 0.2) is 60.7 Å². The molecule has 0 saturated carbocycles. The Morgan fingerprint density at radius 2 is 1.97 bits per heavy atom. The molecule has 3 heterocycles. The second kappa shape index (κ2) is 10.1. The van der Waals surface area contributed by atoms with Gasteiger partial charge in [0.05, 0.1) is 11.3 Å². The van der Waals surface area contributed by atoms with Crippen LogP contribution >= 0.6 is 11.3 Å². The number of halogens is 1. The number of carbonyl (C=O) groups excluding carboxylic acids is 3. The number of esters is 1. The Kier molecular flexibility index (Phi) is 6.68. The lowest BCUT2D eigenvalue weighted by atomic mass is 9.95. The number of aliphatic hydroxyl groups excluding tert-OH is 1. The number of ketones is 1. The van der Waals surface area contributed by atoms with Crippen LogP contribution in [0.5, 0.6) is 11.5 Å². The Bertz CT molecular complexity index is 1510. The molecule has 0 unspecified atom stereocenters. The summed E-state index contributed by atoms with van der Waals surface area (Å²) in [6.07, 6.45) is 1.41. The van der Waals surface area contributed by atoms with Crippen molar-refractivity contribution in [2.24, 2.45) is 0 Å². The fourth-order valence-electron chi connectivity index (χ4n) is 4.24. The van der Waals surface area contributed by atoms with Crippen molar-refractivity contribution >= 4 is 39.9 Å². The van der Waals surface area contributed by atoms with Gasteiger partial charge in [0.2, 0.25) is 0 Å². The van der Waals surface area contributed by atoms with E-state index in [2.05, 4.69) is 11.6 Å². The van der Waals surface area contributed by atoms with E-state index >= 15 is 4.39 Å². The predicted molar refractivity (Wildman–Crippen MR) is 136 cm³/mol. The van der Waals surface area contributed by atoms with E-state index in [-0.39, 0.29) is 39.0 Å². The summed E-state index contributed by atoms with van der Waals surface area (Å²) in [6, 6.07) is 8.82. The second-order valence-electron chi connectivity index (χ2n) is 8.35. The van der Waals surface area contributed by atoms with Gasteiger partial charge in [-0.25, -0.2) is 14.2 Å². The van der Waals surface area contributed by atoms with E-state index in [1.807, 2.05) is 0 Å². The summed E-state index contributed by atoms with van der Waals surface area (Å²) in [5.74, 6) is -3.14. The Hall–Kier alpha value is -4.51. The summed E-state index contributed by atoms with van der Waals surface area (Å²) >= 11 is 0.823. The van der Waals surface area contributed by atoms with Crippen molar-refractivity contribution in [3.63, 3.8) is 0 Å². The van der Waals surface area contributed by atoms with E-state index in [1.165, 1.54) is 36.4 Å². The van der Waals surface area contributed by atoms with E-state index < -0.39 is 35.3 Å². The molecule has 1 amide bonds. The highest BCUT2D eigenvalue weighted by atomic mass is 32.1. The third kappa shape index (κ3) is 4.30. The number of aromatic nitrogens is 1. The monoisotopic (exact) mass is 536 g/mol. The zero-order valence-electron chi connectivity index (χ0n) is 20.1. The largest absolute Gasteiger partial charge is 0.507 e. The van der Waals surface area contributed by atoms with Gasteiger partial charge in [0.1, 0.15) is 42.3 Å². The van der Waals surface area contributed by atoms with Crippen LogP contribution in [0.2, 0.25) is 0 Å². The van der Waals surface area contributed by atoms with Gasteiger partial charge in [0.25, 0.3) is 5.78 Å². The van der Waals surface area contributed by atoms with Gasteiger partial charge in [-0.15, -0.1) is 0 Å². The summed E-state index contributed by atoms with van der Waals surface area (Å²) < 4.78 is 31.3. The normalized spacial score (nSPS) is 17.9. The number of anilines is 1. The number of ether oxygens (including phenoxy) is 3. The summed E-state index contributed by atoms with van der Waals surface area (Å²) in [5, 5.41) is 11.3. The van der Waals surface area contributed by atoms with Gasteiger partial charge in [-0.05, 0) is 31.2 Å². The van der Waals surface area contributed by atoms with E-state index in [9.17, 15) is 19.5 Å². The molecule has 1 atom stereocenters. The van der Waals surface area contributed by atoms with Crippen molar-refractivity contribution in [3.8, 4) is 11.5 Å². The van der Waals surface area contributed by atoms with Gasteiger partial charge in [-0.1, -0.05) is 42.2 Å². The molecule has 2 aliphatic heterocycles. The van der Waals surface area contributed by atoms with Crippen molar-refractivity contribution in [2.75, 3.05) is 24.7 Å². The standard InChI is InChI=1S/C27H21FN2O7S/c1-3-10-37-26(34)24-14(2)29-27(38-24)30-21(16-6-4-5-7-17(16)28)20(23(32)25(30)33)22(31)15-8-9-18-19(13-15)36-12-11-35-18/h3-9,13,21,31H,1,10-12H2,2H3/b22-20+/t21-/m1/s1. The van der Waals surface area contributed by atoms with Crippen molar-refractivity contribution in [3.05, 3.63) is 88.2 Å². The Labute approximate surface area is 220 Å². The van der Waals surface area contributed by atoms with Crippen molar-refractivity contribution < 1.29 is 38.1 Å². The van der Waals surface area contributed by atoms with E-state index in [1.54, 1.807) is 19.1 Å². The van der Waals surface area contributed by atoms with Gasteiger partial charge in [-0.3, -0.25) is 14.5 Å². The van der Waals surface area contributed by atoms with Crippen LogP contribution in [-0.4, -0.2) is 47.6 Å². The van der Waals surface area contributed by atoms with Gasteiger partial charge in [0, 0.05) is 11.1 Å². The molecule has 1 aromatic heterocycles. The van der Waals surface area contributed by atoms with Crippen molar-refractivity contribution in [1.82, 2.24) is 4.98 Å². The third-order valence-corrected chi connectivity index (χ3v) is 7.11. The number of hydrogen-bond acceptors (Lipinski definition) is 9. The van der Waals surface area contributed by atoms with Gasteiger partial charge < -0.3 is 19.3 Å². The molecule has 5 rings (SSSR count). The van der Waals surface area contributed by atoms with Gasteiger partial charge in [-0.2, -0.15) is 0 Å². The number of rotatable bonds is 6. The molecule has 0 bridgehead atoms. The van der Waals surface area contributed by atoms with Crippen LogP contribution in [-0.2, 0) is 14.3 Å². The maximum Gasteiger partial charge on any atom is 0.350 e. The highest BCUT2D eigenvalue weighted by Crippen LogP contribution is 2.45. The molecule has 0 aliphatic carbocycles. The first-order chi connectivity index (χ1) is 18.3. The molecule has 1 N–H and O–H groups in total. The minimum absolute atomic E-state index is 0.0235. The molecule has 2 aromatic carbocycles. The third-order valence-electron chi connectivity index (χ3n) is 5.97. The number of Topliss-reactive ketones (excluding diaryl/α,β-unsaturated/α-hetero) is 1. The first kappa shape index (κ1) is 25.2. The Balaban J connectivity index is 1.66. The predicted octanol–water partition coefficient (Wildman–Crippen LogP) is 4.33. The Morgan fingerprint density at radius 1 is 1.24 bits per heavy atom. The molecule has 11 heteroatoms. The van der Waals surface area contributed by atoms with Crippen LogP contribution in [0.3, 0.4) is 0 Å². The fourth-order valence-corrected chi connectivity index (χ4v) is 5.23. The molecule has 3 aromatic rings. The molecule has 0 spiro atoms. The van der Waals surface area contributed by atoms with Gasteiger partial charge in [0.15, 0.2) is 16.6 Å². The maximum absolute atomic E-state index is 15.1. The number of aliphatic hydroxyl groups is 1. The Morgan fingerprint density at radius 3 is 2.71 bits per heavy atom. The molecular formula is C27H21FN2O7S. The number of aryl methyl sites for hydroxylation is 1.